The van der Waals surface area contributed by atoms with Crippen LogP contribution in [0.4, 0.5) is 13.2 Å². The van der Waals surface area contributed by atoms with Crippen molar-refractivity contribution in [1.82, 2.24) is 9.99 Å². The molecule has 1 aliphatic carbocycles. The second-order valence-electron chi connectivity index (χ2n) is 8.06. The fraction of sp³-hybridized carbons (Fsp3) is 0.611. The number of hydrazone groups is 1. The molecule has 0 bridgehead atoms. The Hall–Kier alpha value is -1.96. The highest BCUT2D eigenvalue weighted by atomic mass is 19.4. The van der Waals surface area contributed by atoms with Crippen molar-refractivity contribution < 1.29 is 23.1 Å². The van der Waals surface area contributed by atoms with Crippen LogP contribution in [0.15, 0.2) is 29.6 Å². The Kier molecular flexibility index (Phi) is 4.37. The number of nitrogens with zero attached hydrogens (tertiary/aromatic N) is 3. The maximum Gasteiger partial charge on any atom is 0.439 e. The van der Waals surface area contributed by atoms with Crippen LogP contribution in [0.3, 0.4) is 0 Å². The molecule has 1 aromatic rings. The first-order chi connectivity index (χ1) is 12.0. The molecule has 26 heavy (non-hydrogen) atoms. The predicted molar refractivity (Wildman–Crippen MR) is 89.1 cm³/mol. The lowest BCUT2D eigenvalue weighted by Crippen LogP contribution is -2.62. The molecule has 1 aromatic heterocycles. The van der Waals surface area contributed by atoms with E-state index < -0.39 is 23.7 Å². The van der Waals surface area contributed by atoms with Crippen molar-refractivity contribution in [3.05, 3.63) is 30.1 Å². The highest BCUT2D eigenvalue weighted by Crippen LogP contribution is 2.52. The summed E-state index contributed by atoms with van der Waals surface area (Å²) >= 11 is 0. The molecule has 142 valence electrons. The van der Waals surface area contributed by atoms with Crippen LogP contribution in [0.25, 0.3) is 0 Å². The van der Waals surface area contributed by atoms with Gasteiger partial charge in [0.05, 0.1) is 11.5 Å². The van der Waals surface area contributed by atoms with Crippen molar-refractivity contribution in [2.75, 3.05) is 0 Å². The molecule has 0 radical (unpaired) electrons. The summed E-state index contributed by atoms with van der Waals surface area (Å²) in [5, 5.41) is 14.9. The van der Waals surface area contributed by atoms with Gasteiger partial charge in [0.25, 0.3) is 11.6 Å². The van der Waals surface area contributed by atoms with Gasteiger partial charge in [-0.15, -0.1) is 0 Å². The summed E-state index contributed by atoms with van der Waals surface area (Å²) in [4.78, 5) is 16.4. The molecule has 1 fully saturated rings. The minimum absolute atomic E-state index is 0.00577. The lowest BCUT2D eigenvalue weighted by Gasteiger charge is -2.42. The maximum atomic E-state index is 13.9. The minimum atomic E-state index is -5.03. The largest absolute Gasteiger partial charge is 0.439 e. The number of pyridine rings is 1. The highest BCUT2D eigenvalue weighted by molar-refractivity contribution is 5.99. The van der Waals surface area contributed by atoms with E-state index in [9.17, 15) is 23.1 Å². The molecule has 1 saturated carbocycles. The van der Waals surface area contributed by atoms with E-state index in [1.165, 1.54) is 24.5 Å². The van der Waals surface area contributed by atoms with Crippen molar-refractivity contribution >= 4 is 11.6 Å². The molecule has 2 aliphatic rings. The third-order valence-electron chi connectivity index (χ3n) is 5.45. The Morgan fingerprint density at radius 1 is 1.35 bits per heavy atom. The van der Waals surface area contributed by atoms with Crippen LogP contribution in [0.2, 0.25) is 0 Å². The normalized spacial score (nSPS) is 29.3. The van der Waals surface area contributed by atoms with E-state index in [-0.39, 0.29) is 34.0 Å². The Bertz CT molecular complexity index is 727. The summed E-state index contributed by atoms with van der Waals surface area (Å²) in [5.74, 6) is -2.26. The quantitative estimate of drug-likeness (QED) is 0.822. The van der Waals surface area contributed by atoms with Gasteiger partial charge in [-0.2, -0.15) is 23.3 Å². The van der Waals surface area contributed by atoms with Crippen LogP contribution in [-0.2, 0) is 0 Å². The number of carbonyl (C=O) groups is 1. The van der Waals surface area contributed by atoms with Crippen molar-refractivity contribution in [2.45, 2.75) is 51.9 Å². The van der Waals surface area contributed by atoms with Crippen LogP contribution in [0.5, 0.6) is 0 Å². The van der Waals surface area contributed by atoms with Crippen LogP contribution in [-0.4, -0.2) is 38.6 Å². The monoisotopic (exact) mass is 369 g/mol. The Balaban J connectivity index is 2.01. The molecule has 1 aliphatic heterocycles. The van der Waals surface area contributed by atoms with Gasteiger partial charge in [0.15, 0.2) is 0 Å². The first kappa shape index (κ1) is 18.8. The summed E-state index contributed by atoms with van der Waals surface area (Å²) < 4.78 is 41.8. The van der Waals surface area contributed by atoms with Crippen LogP contribution in [0.1, 0.15) is 50.4 Å². The van der Waals surface area contributed by atoms with E-state index >= 15 is 0 Å². The third kappa shape index (κ3) is 2.90. The van der Waals surface area contributed by atoms with Crippen molar-refractivity contribution in [3.8, 4) is 0 Å². The van der Waals surface area contributed by atoms with Gasteiger partial charge in [-0.25, -0.2) is 0 Å². The summed E-state index contributed by atoms with van der Waals surface area (Å²) in [6, 6.07) is 2.80. The number of hydrogen-bond donors (Lipinski definition) is 1. The SMILES string of the molecule is CC(C)(C)[C@@H]1CCC2=NN(C(=O)c3cccnc3)[C@@](O)(C(F)(F)F)[C@@H]2C1. The molecule has 1 N–H and O–H groups in total. The molecule has 1 amide bonds. The van der Waals surface area contributed by atoms with Gasteiger partial charge in [-0.05, 0) is 42.7 Å². The molecule has 3 atom stereocenters. The van der Waals surface area contributed by atoms with Gasteiger partial charge in [0, 0.05) is 18.1 Å². The van der Waals surface area contributed by atoms with Gasteiger partial charge >= 0.3 is 6.18 Å². The number of halogens is 3. The molecular weight excluding hydrogens is 347 g/mol. The van der Waals surface area contributed by atoms with Gasteiger partial charge in [-0.3, -0.25) is 9.78 Å². The average molecular weight is 369 g/mol. The van der Waals surface area contributed by atoms with Gasteiger partial charge in [0.2, 0.25) is 0 Å². The number of rotatable bonds is 1. The average Bonchev–Trinajstić information content (AvgIpc) is 2.88. The second-order valence-corrected chi connectivity index (χ2v) is 8.06. The Morgan fingerprint density at radius 3 is 2.58 bits per heavy atom. The summed E-state index contributed by atoms with van der Waals surface area (Å²) in [5.41, 5.74) is -3.34. The zero-order valence-corrected chi connectivity index (χ0v) is 14.9. The smallest absolute Gasteiger partial charge is 0.362 e. The van der Waals surface area contributed by atoms with Gasteiger partial charge < -0.3 is 5.11 Å². The van der Waals surface area contributed by atoms with E-state index in [1.54, 1.807) is 0 Å². The molecule has 0 spiro atoms. The molecule has 8 heteroatoms. The summed E-state index contributed by atoms with van der Waals surface area (Å²) in [7, 11) is 0. The van der Waals surface area contributed by atoms with E-state index in [2.05, 4.69) is 10.1 Å². The van der Waals surface area contributed by atoms with Crippen LogP contribution >= 0.6 is 0 Å². The highest BCUT2D eigenvalue weighted by Gasteiger charge is 2.69. The summed E-state index contributed by atoms with van der Waals surface area (Å²) in [6.45, 7) is 5.92. The molecule has 0 unspecified atom stereocenters. The fourth-order valence-corrected chi connectivity index (χ4v) is 3.82. The van der Waals surface area contributed by atoms with Crippen molar-refractivity contribution in [3.63, 3.8) is 0 Å². The second kappa shape index (κ2) is 6.04. The number of alkyl halides is 3. The number of fused-ring (bicyclic) bond motifs is 1. The standard InChI is InChI=1S/C18H22F3N3O2/c1-16(2,3)12-6-7-14-13(9-12)17(26,18(19,20)21)24(23-14)15(25)11-5-4-8-22-10-11/h4-5,8,10,12-13,26H,6-7,9H2,1-3H3/t12-,13-,17+/m1/s1. The van der Waals surface area contributed by atoms with Gasteiger partial charge in [0.1, 0.15) is 0 Å². The zero-order valence-electron chi connectivity index (χ0n) is 14.9. The molecule has 2 heterocycles. The van der Waals surface area contributed by atoms with Crippen molar-refractivity contribution in [1.29, 1.82) is 0 Å². The van der Waals surface area contributed by atoms with Gasteiger partial charge in [-0.1, -0.05) is 20.8 Å². The van der Waals surface area contributed by atoms with Crippen LogP contribution in [0, 0.1) is 17.3 Å². The van der Waals surface area contributed by atoms with E-state index in [0.29, 0.717) is 12.8 Å². The Morgan fingerprint density at radius 2 is 2.04 bits per heavy atom. The topological polar surface area (TPSA) is 65.8 Å². The van der Waals surface area contributed by atoms with Crippen molar-refractivity contribution in [2.24, 2.45) is 22.4 Å². The van der Waals surface area contributed by atoms with Crippen LogP contribution < -0.4 is 0 Å². The number of carbonyl (C=O) groups excluding carboxylic acids is 1. The fourth-order valence-electron chi connectivity index (χ4n) is 3.82. The number of aliphatic hydroxyl groups is 1. The zero-order chi connectivity index (χ0) is 19.3. The molecule has 5 nitrogen and oxygen atoms in total. The van der Waals surface area contributed by atoms with E-state index in [4.69, 9.17) is 0 Å². The lowest BCUT2D eigenvalue weighted by molar-refractivity contribution is -0.314. The minimum Gasteiger partial charge on any atom is -0.362 e. The lowest BCUT2D eigenvalue weighted by atomic mass is 9.66. The third-order valence-corrected chi connectivity index (χ3v) is 5.45. The van der Waals surface area contributed by atoms with E-state index in [0.717, 1.165) is 0 Å². The summed E-state index contributed by atoms with van der Waals surface area (Å²) in [6.07, 6.45) is -1.30. The molecule has 0 saturated heterocycles. The first-order valence-electron chi connectivity index (χ1n) is 8.57. The molecule has 0 aromatic carbocycles. The molecular formula is C18H22F3N3O2. The first-order valence-corrected chi connectivity index (χ1v) is 8.57. The maximum absolute atomic E-state index is 13.9. The predicted octanol–water partition coefficient (Wildman–Crippen LogP) is 3.61. The van der Waals surface area contributed by atoms with E-state index in [1.807, 2.05) is 20.8 Å². The number of hydrogen-bond acceptors (Lipinski definition) is 4. The number of amides is 1. The molecule has 3 rings (SSSR count). The Labute approximate surface area is 149 Å². The number of aromatic nitrogens is 1.